The summed E-state index contributed by atoms with van der Waals surface area (Å²) in [5, 5.41) is 11.5. The van der Waals surface area contributed by atoms with E-state index in [2.05, 4.69) is 34.6 Å². The second-order valence-corrected chi connectivity index (χ2v) is 9.97. The first-order valence-electron chi connectivity index (χ1n) is 11.6. The molecule has 0 saturated carbocycles. The van der Waals surface area contributed by atoms with Crippen molar-refractivity contribution in [2.45, 2.75) is 52.0 Å². The fourth-order valence-corrected chi connectivity index (χ4v) is 4.21. The lowest BCUT2D eigenvalue weighted by Gasteiger charge is -2.26. The summed E-state index contributed by atoms with van der Waals surface area (Å²) in [5.74, 6) is -0.822. The van der Waals surface area contributed by atoms with Gasteiger partial charge in [0.1, 0.15) is 11.5 Å². The average molecular weight is 466 g/mol. The second kappa shape index (κ2) is 10.0. The predicted molar refractivity (Wildman–Crippen MR) is 133 cm³/mol. The molecule has 2 aromatic carbocycles. The van der Waals surface area contributed by atoms with Gasteiger partial charge in [0.15, 0.2) is 0 Å². The standard InChI is InChI=1S/C28H35NO5/c1-17(2)18-8-10-19(11-9-18)24-23(26(31)27(32)29(24)14-15-33-6)25(30)21-16-20(28(3,4)5)12-13-22(21)34-7/h8-13,16-17,24,30H,14-15H2,1-7H3/b25-23+. The number of Topliss-reactive ketones (excluding diaryl/α,β-unsaturated/α-hetero) is 1. The number of likely N-dealkylation sites (tertiary alicyclic amines) is 1. The van der Waals surface area contributed by atoms with Gasteiger partial charge in [0.05, 0.1) is 30.9 Å². The maximum absolute atomic E-state index is 13.2. The molecular formula is C28H35NO5. The van der Waals surface area contributed by atoms with E-state index in [4.69, 9.17) is 9.47 Å². The molecule has 0 radical (unpaired) electrons. The second-order valence-electron chi connectivity index (χ2n) is 9.97. The molecule has 1 saturated heterocycles. The van der Waals surface area contributed by atoms with Crippen LogP contribution in [0.15, 0.2) is 48.0 Å². The minimum absolute atomic E-state index is 0.0581. The quantitative estimate of drug-likeness (QED) is 0.346. The Morgan fingerprint density at radius 2 is 1.71 bits per heavy atom. The van der Waals surface area contributed by atoms with Gasteiger partial charge in [0, 0.05) is 13.7 Å². The molecule has 0 spiro atoms. The zero-order chi connectivity index (χ0) is 25.2. The number of carbonyl (C=O) groups excluding carboxylic acids is 2. The van der Waals surface area contributed by atoms with Crippen LogP contribution in [0.1, 0.15) is 68.8 Å². The third-order valence-corrected chi connectivity index (χ3v) is 6.32. The highest BCUT2D eigenvalue weighted by molar-refractivity contribution is 6.46. The van der Waals surface area contributed by atoms with Gasteiger partial charge in [-0.05, 0) is 40.2 Å². The van der Waals surface area contributed by atoms with Crippen LogP contribution in [-0.2, 0) is 19.7 Å². The van der Waals surface area contributed by atoms with E-state index in [0.29, 0.717) is 17.2 Å². The van der Waals surface area contributed by atoms with Crippen LogP contribution in [0, 0.1) is 0 Å². The van der Waals surface area contributed by atoms with Crippen molar-refractivity contribution in [3.05, 3.63) is 70.3 Å². The number of ether oxygens (including phenoxy) is 2. The molecule has 1 aliphatic heterocycles. The number of nitrogens with zero attached hydrogens (tertiary/aromatic N) is 1. The number of methoxy groups -OCH3 is 2. The van der Waals surface area contributed by atoms with E-state index in [1.54, 1.807) is 13.2 Å². The van der Waals surface area contributed by atoms with E-state index in [9.17, 15) is 14.7 Å². The molecule has 1 unspecified atom stereocenters. The van der Waals surface area contributed by atoms with E-state index in [1.807, 2.05) is 36.4 Å². The Hall–Kier alpha value is -3.12. The number of hydrogen-bond acceptors (Lipinski definition) is 5. The minimum atomic E-state index is -0.723. The normalized spacial score (nSPS) is 18.1. The van der Waals surface area contributed by atoms with E-state index >= 15 is 0 Å². The third-order valence-electron chi connectivity index (χ3n) is 6.32. The summed E-state index contributed by atoms with van der Waals surface area (Å²) in [6.45, 7) is 10.9. The first-order valence-corrected chi connectivity index (χ1v) is 11.6. The number of amides is 1. The maximum Gasteiger partial charge on any atom is 0.295 e. The molecule has 182 valence electrons. The lowest BCUT2D eigenvalue weighted by Crippen LogP contribution is -2.32. The molecule has 0 bridgehead atoms. The SMILES string of the molecule is COCCN1C(=O)C(=O)/C(=C(/O)c2cc(C(C)(C)C)ccc2OC)C1c1ccc(C(C)C)cc1. The number of rotatable bonds is 7. The van der Waals surface area contributed by atoms with Crippen LogP contribution in [0.2, 0.25) is 0 Å². The molecule has 6 nitrogen and oxygen atoms in total. The Labute approximate surface area is 202 Å². The molecule has 3 rings (SSSR count). The highest BCUT2D eigenvalue weighted by Gasteiger charge is 2.46. The van der Waals surface area contributed by atoms with Crippen molar-refractivity contribution in [3.8, 4) is 5.75 Å². The fourth-order valence-electron chi connectivity index (χ4n) is 4.21. The average Bonchev–Trinajstić information content (AvgIpc) is 3.06. The van der Waals surface area contributed by atoms with E-state index in [-0.39, 0.29) is 29.9 Å². The van der Waals surface area contributed by atoms with Crippen LogP contribution in [0.4, 0.5) is 0 Å². The van der Waals surface area contributed by atoms with Crippen LogP contribution in [0.3, 0.4) is 0 Å². The zero-order valence-electron chi connectivity index (χ0n) is 21.1. The lowest BCUT2D eigenvalue weighted by molar-refractivity contribution is -0.140. The molecule has 34 heavy (non-hydrogen) atoms. The summed E-state index contributed by atoms with van der Waals surface area (Å²) in [6, 6.07) is 12.7. The Bertz CT molecular complexity index is 1090. The highest BCUT2D eigenvalue weighted by Crippen LogP contribution is 2.42. The van der Waals surface area contributed by atoms with Gasteiger partial charge in [0.2, 0.25) is 0 Å². The molecular weight excluding hydrogens is 430 g/mol. The van der Waals surface area contributed by atoms with Crippen LogP contribution in [0.5, 0.6) is 5.75 Å². The smallest absolute Gasteiger partial charge is 0.295 e. The van der Waals surface area contributed by atoms with Crippen molar-refractivity contribution in [1.29, 1.82) is 0 Å². The monoisotopic (exact) mass is 465 g/mol. The molecule has 1 fully saturated rings. The van der Waals surface area contributed by atoms with Crippen molar-refractivity contribution in [2.24, 2.45) is 0 Å². The van der Waals surface area contributed by atoms with Gasteiger partial charge < -0.3 is 19.5 Å². The zero-order valence-corrected chi connectivity index (χ0v) is 21.1. The Morgan fingerprint density at radius 3 is 2.24 bits per heavy atom. The molecule has 1 heterocycles. The molecule has 0 aliphatic carbocycles. The highest BCUT2D eigenvalue weighted by atomic mass is 16.5. The Balaban J connectivity index is 2.24. The fraction of sp³-hybridized carbons (Fsp3) is 0.429. The largest absolute Gasteiger partial charge is 0.507 e. The topological polar surface area (TPSA) is 76.1 Å². The summed E-state index contributed by atoms with van der Waals surface area (Å²) < 4.78 is 10.7. The number of ketones is 1. The lowest BCUT2D eigenvalue weighted by atomic mass is 9.85. The van der Waals surface area contributed by atoms with Gasteiger partial charge >= 0.3 is 0 Å². The summed E-state index contributed by atoms with van der Waals surface area (Å²) in [5.41, 5.74) is 3.15. The van der Waals surface area contributed by atoms with E-state index < -0.39 is 17.7 Å². The number of carbonyl (C=O) groups is 2. The summed E-state index contributed by atoms with van der Waals surface area (Å²) in [6.07, 6.45) is 0. The molecule has 0 aromatic heterocycles. The van der Waals surface area contributed by atoms with Crippen LogP contribution >= 0.6 is 0 Å². The molecule has 2 aromatic rings. The Kier molecular flexibility index (Phi) is 7.51. The number of benzene rings is 2. The minimum Gasteiger partial charge on any atom is -0.507 e. The van der Waals surface area contributed by atoms with Crippen molar-refractivity contribution in [1.82, 2.24) is 4.90 Å². The van der Waals surface area contributed by atoms with Crippen molar-refractivity contribution < 1.29 is 24.2 Å². The van der Waals surface area contributed by atoms with Gasteiger partial charge in [-0.25, -0.2) is 0 Å². The molecule has 1 N–H and O–H groups in total. The first kappa shape index (κ1) is 25.5. The maximum atomic E-state index is 13.2. The van der Waals surface area contributed by atoms with Crippen LogP contribution in [-0.4, -0.2) is 49.1 Å². The van der Waals surface area contributed by atoms with Gasteiger partial charge in [-0.2, -0.15) is 0 Å². The van der Waals surface area contributed by atoms with Crippen molar-refractivity contribution >= 4 is 17.4 Å². The van der Waals surface area contributed by atoms with Crippen LogP contribution in [0.25, 0.3) is 5.76 Å². The van der Waals surface area contributed by atoms with Crippen molar-refractivity contribution in [2.75, 3.05) is 27.4 Å². The molecule has 6 heteroatoms. The summed E-state index contributed by atoms with van der Waals surface area (Å²) in [7, 11) is 3.06. The number of aliphatic hydroxyl groups excluding tert-OH is 1. The first-order chi connectivity index (χ1) is 16.0. The molecule has 1 atom stereocenters. The van der Waals surface area contributed by atoms with E-state index in [1.165, 1.54) is 12.0 Å². The van der Waals surface area contributed by atoms with Gasteiger partial charge in [-0.15, -0.1) is 0 Å². The van der Waals surface area contributed by atoms with Crippen molar-refractivity contribution in [3.63, 3.8) is 0 Å². The van der Waals surface area contributed by atoms with E-state index in [0.717, 1.165) is 16.7 Å². The number of hydrogen-bond donors (Lipinski definition) is 1. The van der Waals surface area contributed by atoms with Gasteiger partial charge in [-0.1, -0.05) is 65.0 Å². The predicted octanol–water partition coefficient (Wildman–Crippen LogP) is 5.18. The molecule has 1 amide bonds. The number of aliphatic hydroxyl groups is 1. The van der Waals surface area contributed by atoms with Gasteiger partial charge in [0.25, 0.3) is 11.7 Å². The Morgan fingerprint density at radius 1 is 1.06 bits per heavy atom. The van der Waals surface area contributed by atoms with Gasteiger partial charge in [-0.3, -0.25) is 9.59 Å². The van der Waals surface area contributed by atoms with Crippen LogP contribution < -0.4 is 4.74 Å². The summed E-state index contributed by atoms with van der Waals surface area (Å²) >= 11 is 0. The summed E-state index contributed by atoms with van der Waals surface area (Å²) in [4.78, 5) is 27.8. The third kappa shape index (κ3) is 4.87. The molecule has 1 aliphatic rings.